The van der Waals surface area contributed by atoms with Crippen molar-refractivity contribution in [2.75, 3.05) is 6.61 Å². The Morgan fingerprint density at radius 1 is 1.31 bits per heavy atom. The fourth-order valence-corrected chi connectivity index (χ4v) is 2.16. The van der Waals surface area contributed by atoms with Crippen molar-refractivity contribution in [2.45, 2.75) is 37.8 Å². The number of ether oxygens (including phenoxy) is 1. The predicted molar refractivity (Wildman–Crippen MR) is 63.2 cm³/mol. The second-order valence-electron chi connectivity index (χ2n) is 4.57. The molecule has 0 bridgehead atoms. The third kappa shape index (κ3) is 2.74. The quantitative estimate of drug-likeness (QED) is 0.815. The highest BCUT2D eigenvalue weighted by Crippen LogP contribution is 2.30. The first-order valence-corrected chi connectivity index (χ1v) is 5.86. The molecule has 0 amide bonds. The standard InChI is InChI=1S/C13H19NO2/c14-9-11-4-3-5-12(8-11)16-10-13(15)6-1-2-7-13/h3-5,8,15H,1-2,6-7,9-10,14H2. The maximum Gasteiger partial charge on any atom is 0.119 e. The van der Waals surface area contributed by atoms with E-state index in [0.717, 1.165) is 37.0 Å². The van der Waals surface area contributed by atoms with Gasteiger partial charge in [-0.05, 0) is 30.5 Å². The molecule has 1 aliphatic rings. The van der Waals surface area contributed by atoms with E-state index in [1.165, 1.54) is 0 Å². The second kappa shape index (κ2) is 4.85. The summed E-state index contributed by atoms with van der Waals surface area (Å²) in [4.78, 5) is 0. The molecule has 0 aromatic heterocycles. The normalized spacial score (nSPS) is 18.6. The lowest BCUT2D eigenvalue weighted by Crippen LogP contribution is -2.32. The zero-order chi connectivity index (χ0) is 11.4. The minimum Gasteiger partial charge on any atom is -0.491 e. The van der Waals surface area contributed by atoms with Gasteiger partial charge in [-0.1, -0.05) is 25.0 Å². The summed E-state index contributed by atoms with van der Waals surface area (Å²) in [5.74, 6) is 0.795. The van der Waals surface area contributed by atoms with Gasteiger partial charge in [0.05, 0.1) is 5.60 Å². The van der Waals surface area contributed by atoms with E-state index in [4.69, 9.17) is 10.5 Å². The first kappa shape index (κ1) is 11.4. The van der Waals surface area contributed by atoms with Crippen LogP contribution in [0.3, 0.4) is 0 Å². The van der Waals surface area contributed by atoms with Gasteiger partial charge in [-0.2, -0.15) is 0 Å². The molecule has 1 aromatic carbocycles. The zero-order valence-corrected chi connectivity index (χ0v) is 9.48. The molecule has 3 nitrogen and oxygen atoms in total. The minimum absolute atomic E-state index is 0.390. The maximum atomic E-state index is 10.1. The average Bonchev–Trinajstić information content (AvgIpc) is 2.75. The molecule has 0 radical (unpaired) electrons. The molecular weight excluding hydrogens is 202 g/mol. The number of hydrogen-bond donors (Lipinski definition) is 2. The Hall–Kier alpha value is -1.06. The first-order valence-electron chi connectivity index (χ1n) is 5.86. The molecule has 2 rings (SSSR count). The van der Waals surface area contributed by atoms with Crippen molar-refractivity contribution in [3.63, 3.8) is 0 Å². The molecule has 0 saturated heterocycles. The summed E-state index contributed by atoms with van der Waals surface area (Å²) in [6.45, 7) is 0.905. The van der Waals surface area contributed by atoms with Gasteiger partial charge in [0.25, 0.3) is 0 Å². The molecule has 3 heteroatoms. The SMILES string of the molecule is NCc1cccc(OCC2(O)CCCC2)c1. The molecular formula is C13H19NO2. The van der Waals surface area contributed by atoms with Crippen LogP contribution in [0.1, 0.15) is 31.2 Å². The van der Waals surface area contributed by atoms with Crippen LogP contribution in [0.5, 0.6) is 5.75 Å². The Kier molecular flexibility index (Phi) is 3.46. The summed E-state index contributed by atoms with van der Waals surface area (Å²) in [7, 11) is 0. The summed E-state index contributed by atoms with van der Waals surface area (Å²) in [6, 6.07) is 7.73. The second-order valence-corrected chi connectivity index (χ2v) is 4.57. The molecule has 1 aromatic rings. The molecule has 1 saturated carbocycles. The number of benzene rings is 1. The Bertz CT molecular complexity index is 346. The maximum absolute atomic E-state index is 10.1. The van der Waals surface area contributed by atoms with Gasteiger partial charge in [-0.25, -0.2) is 0 Å². The number of rotatable bonds is 4. The smallest absolute Gasteiger partial charge is 0.119 e. The van der Waals surface area contributed by atoms with E-state index in [1.54, 1.807) is 0 Å². The lowest BCUT2D eigenvalue weighted by molar-refractivity contribution is 0.00139. The third-order valence-corrected chi connectivity index (χ3v) is 3.18. The topological polar surface area (TPSA) is 55.5 Å². The van der Waals surface area contributed by atoms with Crippen LogP contribution in [-0.4, -0.2) is 17.3 Å². The van der Waals surface area contributed by atoms with E-state index in [-0.39, 0.29) is 0 Å². The van der Waals surface area contributed by atoms with E-state index in [1.807, 2.05) is 24.3 Å². The zero-order valence-electron chi connectivity index (χ0n) is 9.48. The monoisotopic (exact) mass is 221 g/mol. The summed E-state index contributed by atoms with van der Waals surface area (Å²) >= 11 is 0. The van der Waals surface area contributed by atoms with Crippen molar-refractivity contribution in [1.82, 2.24) is 0 Å². The van der Waals surface area contributed by atoms with Gasteiger partial charge >= 0.3 is 0 Å². The van der Waals surface area contributed by atoms with Crippen molar-refractivity contribution in [1.29, 1.82) is 0 Å². The average molecular weight is 221 g/mol. The largest absolute Gasteiger partial charge is 0.491 e. The third-order valence-electron chi connectivity index (χ3n) is 3.18. The van der Waals surface area contributed by atoms with Gasteiger partial charge in [-0.15, -0.1) is 0 Å². The van der Waals surface area contributed by atoms with Crippen molar-refractivity contribution in [3.8, 4) is 5.75 Å². The van der Waals surface area contributed by atoms with Crippen molar-refractivity contribution >= 4 is 0 Å². The lowest BCUT2D eigenvalue weighted by Gasteiger charge is -2.22. The van der Waals surface area contributed by atoms with E-state index >= 15 is 0 Å². The molecule has 1 fully saturated rings. The highest BCUT2D eigenvalue weighted by molar-refractivity contribution is 5.28. The van der Waals surface area contributed by atoms with Crippen LogP contribution in [0.25, 0.3) is 0 Å². The van der Waals surface area contributed by atoms with Gasteiger partial charge in [-0.3, -0.25) is 0 Å². The molecule has 16 heavy (non-hydrogen) atoms. The van der Waals surface area contributed by atoms with Crippen LogP contribution in [0.2, 0.25) is 0 Å². The van der Waals surface area contributed by atoms with E-state index in [2.05, 4.69) is 0 Å². The van der Waals surface area contributed by atoms with Crippen LogP contribution in [0, 0.1) is 0 Å². The van der Waals surface area contributed by atoms with Crippen LogP contribution >= 0.6 is 0 Å². The Labute approximate surface area is 96.2 Å². The summed E-state index contributed by atoms with van der Waals surface area (Å²) in [6.07, 6.45) is 3.90. The molecule has 0 aliphatic heterocycles. The highest BCUT2D eigenvalue weighted by Gasteiger charge is 2.31. The summed E-state index contributed by atoms with van der Waals surface area (Å²) in [5, 5.41) is 10.1. The van der Waals surface area contributed by atoms with E-state index < -0.39 is 5.60 Å². The van der Waals surface area contributed by atoms with Gasteiger partial charge in [0, 0.05) is 6.54 Å². The minimum atomic E-state index is -0.612. The van der Waals surface area contributed by atoms with Gasteiger partial charge < -0.3 is 15.6 Å². The van der Waals surface area contributed by atoms with Crippen molar-refractivity contribution < 1.29 is 9.84 Å². The van der Waals surface area contributed by atoms with Crippen LogP contribution in [-0.2, 0) is 6.54 Å². The molecule has 1 aliphatic carbocycles. The summed E-state index contributed by atoms with van der Waals surface area (Å²) < 4.78 is 5.63. The van der Waals surface area contributed by atoms with Gasteiger partial charge in [0.15, 0.2) is 0 Å². The highest BCUT2D eigenvalue weighted by atomic mass is 16.5. The van der Waals surface area contributed by atoms with Crippen LogP contribution in [0.15, 0.2) is 24.3 Å². The van der Waals surface area contributed by atoms with Crippen molar-refractivity contribution in [2.24, 2.45) is 5.73 Å². The fraction of sp³-hybridized carbons (Fsp3) is 0.538. The lowest BCUT2D eigenvalue weighted by atomic mass is 10.0. The van der Waals surface area contributed by atoms with Gasteiger partial charge in [0.1, 0.15) is 12.4 Å². The molecule has 0 spiro atoms. The van der Waals surface area contributed by atoms with Gasteiger partial charge in [0.2, 0.25) is 0 Å². The Morgan fingerprint density at radius 2 is 2.06 bits per heavy atom. The molecule has 3 N–H and O–H groups in total. The molecule has 0 atom stereocenters. The predicted octanol–water partition coefficient (Wildman–Crippen LogP) is 1.83. The van der Waals surface area contributed by atoms with E-state index in [0.29, 0.717) is 13.2 Å². The number of nitrogens with two attached hydrogens (primary N) is 1. The number of hydrogen-bond acceptors (Lipinski definition) is 3. The van der Waals surface area contributed by atoms with Crippen molar-refractivity contribution in [3.05, 3.63) is 29.8 Å². The summed E-state index contributed by atoms with van der Waals surface area (Å²) in [5.41, 5.74) is 6.00. The number of aliphatic hydroxyl groups is 1. The Morgan fingerprint density at radius 3 is 2.75 bits per heavy atom. The van der Waals surface area contributed by atoms with E-state index in [9.17, 15) is 5.11 Å². The van der Waals surface area contributed by atoms with Crippen LogP contribution < -0.4 is 10.5 Å². The molecule has 0 heterocycles. The molecule has 0 unspecified atom stereocenters. The fourth-order valence-electron chi connectivity index (χ4n) is 2.16. The molecule has 88 valence electrons. The first-order chi connectivity index (χ1) is 7.72. The van der Waals surface area contributed by atoms with Crippen LogP contribution in [0.4, 0.5) is 0 Å². The Balaban J connectivity index is 1.93.